The number of aromatic nitrogens is 1. The van der Waals surface area contributed by atoms with Crippen LogP contribution in [0.2, 0.25) is 5.15 Å². The Balaban J connectivity index is 2.70. The van der Waals surface area contributed by atoms with E-state index in [0.29, 0.717) is 5.15 Å². The largest absolute Gasteiger partial charge is 0.319 e. The second-order valence-corrected chi connectivity index (χ2v) is 3.36. The molecule has 0 aromatic carbocycles. The number of aryl methyl sites for hydroxylation is 1. The third kappa shape index (κ3) is 3.37. The molecule has 0 aliphatic heterocycles. The van der Waals surface area contributed by atoms with Crippen molar-refractivity contribution in [3.63, 3.8) is 0 Å². The van der Waals surface area contributed by atoms with Crippen LogP contribution in [-0.4, -0.2) is 18.6 Å². The summed E-state index contributed by atoms with van der Waals surface area (Å²) >= 11 is 5.73. The minimum atomic E-state index is 0.517. The van der Waals surface area contributed by atoms with E-state index in [1.807, 2.05) is 20.0 Å². The second kappa shape index (κ2) is 5.64. The van der Waals surface area contributed by atoms with Gasteiger partial charge in [-0.3, -0.25) is 0 Å². The fourth-order valence-corrected chi connectivity index (χ4v) is 1.21. The first-order valence-corrected chi connectivity index (χ1v) is 4.87. The molecular weight excluding hydrogens is 196 g/mol. The lowest BCUT2D eigenvalue weighted by atomic mass is 10.1. The lowest BCUT2D eigenvalue weighted by Gasteiger charge is -1.96. The third-order valence-electron chi connectivity index (χ3n) is 1.80. The van der Waals surface area contributed by atoms with E-state index in [9.17, 15) is 0 Å². The molecule has 1 heterocycles. The Kier molecular flexibility index (Phi) is 4.45. The molecule has 3 heteroatoms. The van der Waals surface area contributed by atoms with Crippen LogP contribution in [0.5, 0.6) is 0 Å². The first kappa shape index (κ1) is 11.0. The molecule has 0 radical (unpaired) electrons. The number of halogens is 1. The molecule has 0 saturated carbocycles. The minimum absolute atomic E-state index is 0.517. The zero-order valence-electron chi connectivity index (χ0n) is 8.39. The molecular formula is C11H13ClN2. The van der Waals surface area contributed by atoms with Gasteiger partial charge in [0.15, 0.2) is 0 Å². The molecule has 1 aromatic rings. The van der Waals surface area contributed by atoms with Crippen LogP contribution in [0.15, 0.2) is 12.3 Å². The molecule has 2 nitrogen and oxygen atoms in total. The van der Waals surface area contributed by atoms with Gasteiger partial charge in [-0.25, -0.2) is 4.98 Å². The van der Waals surface area contributed by atoms with Crippen LogP contribution in [0.4, 0.5) is 0 Å². The van der Waals surface area contributed by atoms with Crippen LogP contribution < -0.4 is 5.32 Å². The summed E-state index contributed by atoms with van der Waals surface area (Å²) < 4.78 is 0. The first-order chi connectivity index (χ1) is 6.74. The van der Waals surface area contributed by atoms with Gasteiger partial charge in [0, 0.05) is 24.7 Å². The quantitative estimate of drug-likeness (QED) is 0.457. The van der Waals surface area contributed by atoms with Crippen LogP contribution in [0.3, 0.4) is 0 Å². The summed E-state index contributed by atoms with van der Waals surface area (Å²) in [5.41, 5.74) is 2.02. The van der Waals surface area contributed by atoms with Gasteiger partial charge >= 0.3 is 0 Å². The molecule has 0 spiro atoms. The number of rotatable bonds is 2. The van der Waals surface area contributed by atoms with Gasteiger partial charge in [0.1, 0.15) is 5.15 Å². The Bertz CT molecular complexity index is 363. The van der Waals surface area contributed by atoms with Gasteiger partial charge in [-0.05, 0) is 25.6 Å². The molecule has 0 saturated heterocycles. The van der Waals surface area contributed by atoms with Gasteiger partial charge in [0.05, 0.1) is 0 Å². The van der Waals surface area contributed by atoms with Gasteiger partial charge < -0.3 is 5.32 Å². The van der Waals surface area contributed by atoms with E-state index in [1.54, 1.807) is 6.20 Å². The highest BCUT2D eigenvalue weighted by Crippen LogP contribution is 2.10. The minimum Gasteiger partial charge on any atom is -0.319 e. The lowest BCUT2D eigenvalue weighted by Crippen LogP contribution is -2.05. The summed E-state index contributed by atoms with van der Waals surface area (Å²) in [6, 6.07) is 1.82. The van der Waals surface area contributed by atoms with Gasteiger partial charge in [-0.1, -0.05) is 23.4 Å². The maximum atomic E-state index is 5.73. The van der Waals surface area contributed by atoms with Crippen molar-refractivity contribution < 1.29 is 0 Å². The molecule has 0 aliphatic rings. The van der Waals surface area contributed by atoms with E-state index in [-0.39, 0.29) is 0 Å². The Hall–Kier alpha value is -1.04. The SMILES string of the molecule is CNCCC#Cc1cnc(Cl)cc1C. The molecule has 1 aromatic heterocycles. The summed E-state index contributed by atoms with van der Waals surface area (Å²) in [4.78, 5) is 3.99. The Morgan fingerprint density at radius 2 is 2.36 bits per heavy atom. The number of nitrogens with one attached hydrogen (secondary N) is 1. The first-order valence-electron chi connectivity index (χ1n) is 4.49. The molecule has 1 N–H and O–H groups in total. The lowest BCUT2D eigenvalue weighted by molar-refractivity contribution is 0.818. The van der Waals surface area contributed by atoms with Crippen molar-refractivity contribution in [2.24, 2.45) is 0 Å². The number of hydrogen-bond donors (Lipinski definition) is 1. The zero-order chi connectivity index (χ0) is 10.4. The fraction of sp³-hybridized carbons (Fsp3) is 0.364. The van der Waals surface area contributed by atoms with Crippen LogP contribution in [0.1, 0.15) is 17.5 Å². The van der Waals surface area contributed by atoms with Crippen molar-refractivity contribution in [1.82, 2.24) is 10.3 Å². The maximum absolute atomic E-state index is 5.73. The van der Waals surface area contributed by atoms with Gasteiger partial charge in [0.25, 0.3) is 0 Å². The van der Waals surface area contributed by atoms with Crippen LogP contribution >= 0.6 is 11.6 Å². The van der Waals surface area contributed by atoms with E-state index in [1.165, 1.54) is 0 Å². The smallest absolute Gasteiger partial charge is 0.129 e. The summed E-state index contributed by atoms with van der Waals surface area (Å²) in [7, 11) is 1.91. The molecule has 0 fully saturated rings. The van der Waals surface area contributed by atoms with E-state index >= 15 is 0 Å². The van der Waals surface area contributed by atoms with Gasteiger partial charge in [-0.15, -0.1) is 0 Å². The average molecular weight is 209 g/mol. The summed E-state index contributed by atoms with van der Waals surface area (Å²) in [5.74, 6) is 6.13. The molecule has 0 bridgehead atoms. The topological polar surface area (TPSA) is 24.9 Å². The standard InChI is InChI=1S/C11H13ClN2/c1-9-7-11(12)14-8-10(9)5-3-4-6-13-2/h7-8,13H,4,6H2,1-2H3. The fourth-order valence-electron chi connectivity index (χ4n) is 0.998. The van der Waals surface area contributed by atoms with E-state index in [4.69, 9.17) is 11.6 Å². The third-order valence-corrected chi connectivity index (χ3v) is 2.01. The summed E-state index contributed by atoms with van der Waals surface area (Å²) in [5, 5.41) is 3.56. The molecule has 74 valence electrons. The second-order valence-electron chi connectivity index (χ2n) is 2.98. The Labute approximate surface area is 89.7 Å². The number of hydrogen-bond acceptors (Lipinski definition) is 2. The van der Waals surface area contributed by atoms with Crippen LogP contribution in [-0.2, 0) is 0 Å². The average Bonchev–Trinajstić information content (AvgIpc) is 2.15. The highest BCUT2D eigenvalue weighted by molar-refractivity contribution is 6.29. The maximum Gasteiger partial charge on any atom is 0.129 e. The van der Waals surface area contributed by atoms with Gasteiger partial charge in [-0.2, -0.15) is 0 Å². The van der Waals surface area contributed by atoms with Crippen molar-refractivity contribution in [3.8, 4) is 11.8 Å². The van der Waals surface area contributed by atoms with Crippen LogP contribution in [0, 0.1) is 18.8 Å². The Morgan fingerprint density at radius 1 is 1.57 bits per heavy atom. The number of pyridine rings is 1. The highest BCUT2D eigenvalue weighted by atomic mass is 35.5. The molecule has 0 amide bonds. The Morgan fingerprint density at radius 3 is 3.00 bits per heavy atom. The van der Waals surface area contributed by atoms with Crippen molar-refractivity contribution in [1.29, 1.82) is 0 Å². The monoisotopic (exact) mass is 208 g/mol. The molecule has 0 unspecified atom stereocenters. The zero-order valence-corrected chi connectivity index (χ0v) is 9.15. The van der Waals surface area contributed by atoms with Crippen molar-refractivity contribution >= 4 is 11.6 Å². The molecule has 14 heavy (non-hydrogen) atoms. The predicted octanol–water partition coefficient (Wildman–Crippen LogP) is 2.00. The predicted molar refractivity (Wildman–Crippen MR) is 59.4 cm³/mol. The van der Waals surface area contributed by atoms with E-state index in [2.05, 4.69) is 22.1 Å². The molecule has 0 aliphatic carbocycles. The van der Waals surface area contributed by atoms with Crippen LogP contribution in [0.25, 0.3) is 0 Å². The molecule has 0 atom stereocenters. The van der Waals surface area contributed by atoms with E-state index in [0.717, 1.165) is 24.1 Å². The van der Waals surface area contributed by atoms with Crippen molar-refractivity contribution in [2.45, 2.75) is 13.3 Å². The number of nitrogens with zero attached hydrogens (tertiary/aromatic N) is 1. The van der Waals surface area contributed by atoms with Crippen molar-refractivity contribution in [2.75, 3.05) is 13.6 Å². The summed E-state index contributed by atoms with van der Waals surface area (Å²) in [6.07, 6.45) is 2.56. The van der Waals surface area contributed by atoms with Gasteiger partial charge in [0.2, 0.25) is 0 Å². The van der Waals surface area contributed by atoms with Crippen molar-refractivity contribution in [3.05, 3.63) is 28.5 Å². The summed E-state index contributed by atoms with van der Waals surface area (Å²) in [6.45, 7) is 2.89. The highest BCUT2D eigenvalue weighted by Gasteiger charge is 1.95. The van der Waals surface area contributed by atoms with E-state index < -0.39 is 0 Å². The normalized spacial score (nSPS) is 9.36. The molecule has 1 rings (SSSR count).